The lowest BCUT2D eigenvalue weighted by Crippen LogP contribution is -2.48. The molecule has 0 aromatic heterocycles. The molecular weight excluding hydrogens is 534 g/mol. The Morgan fingerprint density at radius 2 is 1.67 bits per heavy atom. The maximum Gasteiger partial charge on any atom is 0.269 e. The van der Waals surface area contributed by atoms with Crippen LogP contribution < -0.4 is 11.1 Å². The van der Waals surface area contributed by atoms with Crippen LogP contribution in [0.15, 0.2) is 36.4 Å². The molecule has 2 aromatic rings. The van der Waals surface area contributed by atoms with Gasteiger partial charge in [0.2, 0.25) is 5.91 Å². The SMILES string of the molecule is CCNC(=O)C(=N)/C(=C(\O)c1cc(C(C)C)c(O)cc1O)c1ccc(CN2CCN(C(=O)CCCCCN)CC2)cc1. The number of hydrogen-bond donors (Lipinski definition) is 6. The topological polar surface area (TPSA) is 163 Å². The standard InChI is InChI=1S/C32H45N5O5/c1-4-35-32(42)30(34)29(31(41)25-18-24(21(2)3)26(38)19-27(25)39)23-11-9-22(10-12-23)20-36-14-16-37(17-15-36)28(40)8-6-5-7-13-33/h9-12,18-19,21,34,38-39,41H,4-8,13-17,20,33H2,1-3H3,(H,35,42)/b31-29-,34-30?. The van der Waals surface area contributed by atoms with E-state index < -0.39 is 17.4 Å². The lowest BCUT2D eigenvalue weighted by molar-refractivity contribution is -0.133. The molecule has 1 aliphatic heterocycles. The molecule has 0 atom stereocenters. The number of aromatic hydroxyl groups is 2. The number of aliphatic hydroxyl groups excluding tert-OH is 1. The largest absolute Gasteiger partial charge is 0.508 e. The summed E-state index contributed by atoms with van der Waals surface area (Å²) in [6, 6.07) is 9.91. The van der Waals surface area contributed by atoms with Crippen molar-refractivity contribution in [3.05, 3.63) is 58.7 Å². The average Bonchev–Trinajstić information content (AvgIpc) is 2.96. The number of nitrogens with two attached hydrogens (primary N) is 1. The number of nitrogens with zero attached hydrogens (tertiary/aromatic N) is 2. The molecule has 1 aliphatic rings. The highest BCUT2D eigenvalue weighted by Crippen LogP contribution is 2.37. The van der Waals surface area contributed by atoms with Crippen molar-refractivity contribution in [2.24, 2.45) is 5.73 Å². The zero-order valence-corrected chi connectivity index (χ0v) is 24.9. The molecule has 0 unspecified atom stereocenters. The summed E-state index contributed by atoms with van der Waals surface area (Å²) in [6.07, 6.45) is 3.36. The highest BCUT2D eigenvalue weighted by atomic mass is 16.3. The van der Waals surface area contributed by atoms with Gasteiger partial charge in [-0.1, -0.05) is 44.5 Å². The number of phenolic OH excluding ortho intramolecular Hbond substituents is 2. The van der Waals surface area contributed by atoms with E-state index in [-0.39, 0.29) is 34.5 Å². The maximum atomic E-state index is 12.7. The van der Waals surface area contributed by atoms with Crippen LogP contribution in [-0.2, 0) is 16.1 Å². The summed E-state index contributed by atoms with van der Waals surface area (Å²) >= 11 is 0. The van der Waals surface area contributed by atoms with E-state index >= 15 is 0 Å². The fourth-order valence-electron chi connectivity index (χ4n) is 5.09. The Labute approximate surface area is 248 Å². The molecule has 228 valence electrons. The highest BCUT2D eigenvalue weighted by molar-refractivity contribution is 6.56. The maximum absolute atomic E-state index is 12.7. The molecule has 0 aliphatic carbocycles. The molecule has 0 radical (unpaired) electrons. The minimum Gasteiger partial charge on any atom is -0.508 e. The Morgan fingerprint density at radius 3 is 2.26 bits per heavy atom. The Bertz CT molecular complexity index is 1280. The number of carbonyl (C=O) groups excluding carboxylic acids is 2. The van der Waals surface area contributed by atoms with E-state index in [9.17, 15) is 24.9 Å². The van der Waals surface area contributed by atoms with Crippen molar-refractivity contribution in [2.45, 2.75) is 58.9 Å². The van der Waals surface area contributed by atoms with Gasteiger partial charge in [0.15, 0.2) is 0 Å². The molecule has 42 heavy (non-hydrogen) atoms. The fourth-order valence-corrected chi connectivity index (χ4v) is 5.09. The van der Waals surface area contributed by atoms with Crippen LogP contribution in [0.5, 0.6) is 11.5 Å². The number of benzene rings is 2. The van der Waals surface area contributed by atoms with Crippen molar-refractivity contribution in [1.82, 2.24) is 15.1 Å². The summed E-state index contributed by atoms with van der Waals surface area (Å²) in [4.78, 5) is 29.4. The van der Waals surface area contributed by atoms with E-state index in [1.807, 2.05) is 30.9 Å². The molecule has 7 N–H and O–H groups in total. The first-order valence-electron chi connectivity index (χ1n) is 14.7. The summed E-state index contributed by atoms with van der Waals surface area (Å²) in [5.74, 6) is -1.44. The lowest BCUT2D eigenvalue weighted by Gasteiger charge is -2.35. The predicted octanol–water partition coefficient (Wildman–Crippen LogP) is 3.97. The quantitative estimate of drug-likeness (QED) is 0.0905. The monoisotopic (exact) mass is 579 g/mol. The van der Waals surface area contributed by atoms with Gasteiger partial charge >= 0.3 is 0 Å². The summed E-state index contributed by atoms with van der Waals surface area (Å²) in [7, 11) is 0. The third-order valence-electron chi connectivity index (χ3n) is 7.54. The van der Waals surface area contributed by atoms with Crippen LogP contribution in [0.1, 0.15) is 74.6 Å². The number of hydrogen-bond acceptors (Lipinski definition) is 8. The normalized spacial score (nSPS) is 14.5. The summed E-state index contributed by atoms with van der Waals surface area (Å²) < 4.78 is 0. The van der Waals surface area contributed by atoms with Crippen LogP contribution >= 0.6 is 0 Å². The van der Waals surface area contributed by atoms with Crippen molar-refractivity contribution in [3.63, 3.8) is 0 Å². The highest BCUT2D eigenvalue weighted by Gasteiger charge is 2.25. The minimum absolute atomic E-state index is 0.0245. The average molecular weight is 580 g/mol. The molecule has 2 aromatic carbocycles. The first kappa shape index (κ1) is 32.6. The van der Waals surface area contributed by atoms with Crippen molar-refractivity contribution < 1.29 is 24.9 Å². The van der Waals surface area contributed by atoms with E-state index in [0.29, 0.717) is 50.3 Å². The molecular formula is C32H45N5O5. The third-order valence-corrected chi connectivity index (χ3v) is 7.54. The molecule has 0 bridgehead atoms. The fraction of sp³-hybridized carbons (Fsp3) is 0.469. The second-order valence-electron chi connectivity index (χ2n) is 11.0. The second-order valence-corrected chi connectivity index (χ2v) is 11.0. The summed E-state index contributed by atoms with van der Waals surface area (Å²) in [6.45, 7) is 10.0. The number of nitrogens with one attached hydrogen (secondary N) is 2. The van der Waals surface area contributed by atoms with E-state index in [0.717, 1.165) is 44.0 Å². The lowest BCUT2D eigenvalue weighted by atomic mass is 9.92. The first-order chi connectivity index (χ1) is 20.1. The molecule has 2 amide bonds. The van der Waals surface area contributed by atoms with Crippen LogP contribution in [-0.4, -0.2) is 81.9 Å². The van der Waals surface area contributed by atoms with Gasteiger partial charge in [0.25, 0.3) is 5.91 Å². The van der Waals surface area contributed by atoms with Gasteiger partial charge < -0.3 is 31.3 Å². The van der Waals surface area contributed by atoms with E-state index in [1.54, 1.807) is 19.1 Å². The van der Waals surface area contributed by atoms with Crippen LogP contribution in [0.25, 0.3) is 11.3 Å². The Kier molecular flexibility index (Phi) is 11.9. The zero-order valence-electron chi connectivity index (χ0n) is 24.9. The van der Waals surface area contributed by atoms with E-state index in [1.165, 1.54) is 6.07 Å². The number of rotatable bonds is 13. The number of amides is 2. The molecule has 10 heteroatoms. The van der Waals surface area contributed by atoms with Crippen molar-refractivity contribution in [2.75, 3.05) is 39.3 Å². The minimum atomic E-state index is -0.655. The van der Waals surface area contributed by atoms with Gasteiger partial charge in [0.05, 0.1) is 11.1 Å². The van der Waals surface area contributed by atoms with Crippen LogP contribution in [0.3, 0.4) is 0 Å². The molecule has 0 spiro atoms. The molecule has 3 rings (SSSR count). The first-order valence-corrected chi connectivity index (χ1v) is 14.7. The van der Waals surface area contributed by atoms with Gasteiger partial charge in [0, 0.05) is 51.8 Å². The van der Waals surface area contributed by atoms with Gasteiger partial charge in [-0.2, -0.15) is 0 Å². The molecule has 0 saturated carbocycles. The molecule has 1 heterocycles. The third kappa shape index (κ3) is 8.33. The van der Waals surface area contributed by atoms with Crippen LogP contribution in [0.4, 0.5) is 0 Å². The summed E-state index contributed by atoms with van der Waals surface area (Å²) in [5, 5.41) is 43.4. The smallest absolute Gasteiger partial charge is 0.269 e. The van der Waals surface area contributed by atoms with Crippen LogP contribution in [0.2, 0.25) is 0 Å². The van der Waals surface area contributed by atoms with Gasteiger partial charge in [-0.25, -0.2) is 0 Å². The predicted molar refractivity (Wildman–Crippen MR) is 166 cm³/mol. The Hall–Kier alpha value is -3.89. The number of carbonyl (C=O) groups is 2. The van der Waals surface area contributed by atoms with Gasteiger partial charge in [-0.05, 0) is 55.0 Å². The van der Waals surface area contributed by atoms with Crippen molar-refractivity contribution in [1.29, 1.82) is 5.41 Å². The number of phenols is 2. The van der Waals surface area contributed by atoms with Crippen LogP contribution in [0, 0.1) is 5.41 Å². The Morgan fingerprint density at radius 1 is 1.00 bits per heavy atom. The molecule has 10 nitrogen and oxygen atoms in total. The zero-order chi connectivity index (χ0) is 30.8. The van der Waals surface area contributed by atoms with Gasteiger partial charge in [-0.15, -0.1) is 0 Å². The van der Waals surface area contributed by atoms with Gasteiger partial charge in [0.1, 0.15) is 23.0 Å². The Balaban J connectivity index is 1.79. The van der Waals surface area contributed by atoms with Gasteiger partial charge in [-0.3, -0.25) is 19.9 Å². The molecule has 1 fully saturated rings. The van der Waals surface area contributed by atoms with E-state index in [4.69, 9.17) is 11.1 Å². The number of aliphatic hydroxyl groups is 1. The number of unbranched alkanes of at least 4 members (excludes halogenated alkanes) is 2. The second kappa shape index (κ2) is 15.4. The van der Waals surface area contributed by atoms with Crippen molar-refractivity contribution >= 4 is 28.9 Å². The van der Waals surface area contributed by atoms with E-state index in [2.05, 4.69) is 10.2 Å². The molecule has 1 saturated heterocycles. The summed E-state index contributed by atoms with van der Waals surface area (Å²) in [5.41, 5.74) is 7.06. The number of piperazine rings is 1. The van der Waals surface area contributed by atoms with Crippen molar-refractivity contribution in [3.8, 4) is 11.5 Å².